The van der Waals surface area contributed by atoms with Gasteiger partial charge in [-0.2, -0.15) is 0 Å². The first kappa shape index (κ1) is 12.0. The molecule has 0 amide bonds. The summed E-state index contributed by atoms with van der Waals surface area (Å²) in [5, 5.41) is 0. The zero-order valence-electron chi connectivity index (χ0n) is 6.22. The smallest absolute Gasteiger partial charge is 0.195 e. The van der Waals surface area contributed by atoms with Crippen molar-refractivity contribution in [3.63, 3.8) is 0 Å². The van der Waals surface area contributed by atoms with Gasteiger partial charge >= 0.3 is 0 Å². The van der Waals surface area contributed by atoms with E-state index in [-0.39, 0.29) is 11.3 Å². The first-order valence-corrected chi connectivity index (χ1v) is 3.29. The van der Waals surface area contributed by atoms with Gasteiger partial charge in [0, 0.05) is 6.42 Å². The molecule has 3 heteroatoms. The Morgan fingerprint density at radius 2 is 2.00 bits per heavy atom. The Morgan fingerprint density at radius 3 is 2.40 bits per heavy atom. The summed E-state index contributed by atoms with van der Waals surface area (Å²) in [6.45, 7) is 2.06. The second-order valence-corrected chi connectivity index (χ2v) is 2.04. The van der Waals surface area contributed by atoms with E-state index in [1.54, 1.807) is 0 Å². The van der Waals surface area contributed by atoms with Gasteiger partial charge in [0.25, 0.3) is 0 Å². The van der Waals surface area contributed by atoms with E-state index in [2.05, 4.69) is 6.92 Å². The largest absolute Gasteiger partial charge is 0.412 e. The van der Waals surface area contributed by atoms with Gasteiger partial charge in [-0.15, -0.1) is 0 Å². The molecule has 0 heterocycles. The highest BCUT2D eigenvalue weighted by Crippen LogP contribution is 1.97. The third kappa shape index (κ3) is 7.30. The molecular formula is C7H14O3. The molecule has 2 N–H and O–H groups in total. The van der Waals surface area contributed by atoms with Crippen LogP contribution in [0.4, 0.5) is 0 Å². The van der Waals surface area contributed by atoms with E-state index in [9.17, 15) is 9.59 Å². The molecule has 0 unspecified atom stereocenters. The average Bonchev–Trinajstić information content (AvgIpc) is 1.89. The standard InChI is InChI=1S/C7H12O2.H2O/c1-2-3-4-5-7(9)6-8;/h6H,2-5H2,1H3;1H2. The number of aldehydes is 1. The lowest BCUT2D eigenvalue weighted by Crippen LogP contribution is -1.97. The van der Waals surface area contributed by atoms with Crippen LogP contribution in [0.5, 0.6) is 0 Å². The summed E-state index contributed by atoms with van der Waals surface area (Å²) in [7, 11) is 0. The van der Waals surface area contributed by atoms with Gasteiger partial charge in [-0.3, -0.25) is 9.59 Å². The number of ketones is 1. The summed E-state index contributed by atoms with van der Waals surface area (Å²) in [5.41, 5.74) is 0. The second kappa shape index (κ2) is 8.30. The molecule has 0 aromatic carbocycles. The molecule has 0 atom stereocenters. The SMILES string of the molecule is CCCCCC(=O)C=O.O. The van der Waals surface area contributed by atoms with Crippen LogP contribution in [0.2, 0.25) is 0 Å². The topological polar surface area (TPSA) is 65.6 Å². The minimum absolute atomic E-state index is 0. The van der Waals surface area contributed by atoms with Crippen LogP contribution in [0.15, 0.2) is 0 Å². The fourth-order valence-corrected chi connectivity index (χ4v) is 0.608. The van der Waals surface area contributed by atoms with Gasteiger partial charge in [0.15, 0.2) is 12.1 Å². The first-order chi connectivity index (χ1) is 4.31. The first-order valence-electron chi connectivity index (χ1n) is 3.29. The summed E-state index contributed by atoms with van der Waals surface area (Å²) in [4.78, 5) is 20.1. The lowest BCUT2D eigenvalue weighted by atomic mass is 10.1. The molecule has 0 aromatic rings. The molecule has 0 spiro atoms. The minimum atomic E-state index is -0.275. The molecule has 0 rings (SSSR count). The van der Waals surface area contributed by atoms with Crippen LogP contribution in [-0.2, 0) is 9.59 Å². The van der Waals surface area contributed by atoms with Gasteiger partial charge in [0.2, 0.25) is 0 Å². The molecule has 0 radical (unpaired) electrons. The van der Waals surface area contributed by atoms with E-state index in [1.807, 2.05) is 0 Å². The molecule has 0 saturated heterocycles. The molecule has 0 aliphatic carbocycles. The second-order valence-electron chi connectivity index (χ2n) is 2.04. The van der Waals surface area contributed by atoms with Gasteiger partial charge in [-0.25, -0.2) is 0 Å². The summed E-state index contributed by atoms with van der Waals surface area (Å²) in [6.07, 6.45) is 3.81. The molecule has 10 heavy (non-hydrogen) atoms. The molecule has 0 bridgehead atoms. The van der Waals surface area contributed by atoms with Crippen molar-refractivity contribution < 1.29 is 15.1 Å². The molecule has 0 aromatic heterocycles. The fraction of sp³-hybridized carbons (Fsp3) is 0.714. The van der Waals surface area contributed by atoms with Crippen LogP contribution in [-0.4, -0.2) is 17.5 Å². The molecule has 0 saturated carbocycles. The lowest BCUT2D eigenvalue weighted by Gasteiger charge is -1.90. The van der Waals surface area contributed by atoms with Crippen molar-refractivity contribution in [1.29, 1.82) is 0 Å². The molecule has 0 aliphatic heterocycles. The fourth-order valence-electron chi connectivity index (χ4n) is 0.608. The van der Waals surface area contributed by atoms with Gasteiger partial charge in [-0.1, -0.05) is 19.8 Å². The van der Waals surface area contributed by atoms with Crippen molar-refractivity contribution in [2.75, 3.05) is 0 Å². The van der Waals surface area contributed by atoms with Crippen LogP contribution < -0.4 is 0 Å². The number of carbonyl (C=O) groups excluding carboxylic acids is 2. The molecule has 0 aliphatic rings. The molecule has 60 valence electrons. The van der Waals surface area contributed by atoms with E-state index in [0.29, 0.717) is 12.7 Å². The predicted octanol–water partition coefficient (Wildman–Crippen LogP) is 0.510. The number of hydrogen-bond donors (Lipinski definition) is 0. The number of rotatable bonds is 5. The van der Waals surface area contributed by atoms with Crippen LogP contribution in [0, 0.1) is 0 Å². The maximum Gasteiger partial charge on any atom is 0.195 e. The molecular weight excluding hydrogens is 132 g/mol. The van der Waals surface area contributed by atoms with Crippen molar-refractivity contribution in [1.82, 2.24) is 0 Å². The highest BCUT2D eigenvalue weighted by molar-refractivity contribution is 6.24. The van der Waals surface area contributed by atoms with Crippen LogP contribution >= 0.6 is 0 Å². The highest BCUT2D eigenvalue weighted by atomic mass is 16.2. The Bertz CT molecular complexity index is 99.0. The van der Waals surface area contributed by atoms with E-state index < -0.39 is 0 Å². The van der Waals surface area contributed by atoms with Crippen molar-refractivity contribution in [3.8, 4) is 0 Å². The predicted molar refractivity (Wildman–Crippen MR) is 38.8 cm³/mol. The Kier molecular flexibility index (Phi) is 9.98. The van der Waals surface area contributed by atoms with E-state index in [0.717, 1.165) is 19.3 Å². The Morgan fingerprint density at radius 1 is 1.40 bits per heavy atom. The Balaban J connectivity index is 0. The zero-order chi connectivity index (χ0) is 7.11. The van der Waals surface area contributed by atoms with E-state index in [1.165, 1.54) is 0 Å². The summed E-state index contributed by atoms with van der Waals surface area (Å²) >= 11 is 0. The third-order valence-electron chi connectivity index (χ3n) is 1.16. The van der Waals surface area contributed by atoms with Crippen molar-refractivity contribution in [3.05, 3.63) is 0 Å². The van der Waals surface area contributed by atoms with Gasteiger partial charge in [0.1, 0.15) is 0 Å². The van der Waals surface area contributed by atoms with Crippen molar-refractivity contribution >= 4 is 12.1 Å². The van der Waals surface area contributed by atoms with E-state index >= 15 is 0 Å². The molecule has 0 fully saturated rings. The van der Waals surface area contributed by atoms with Crippen molar-refractivity contribution in [2.45, 2.75) is 32.6 Å². The maximum absolute atomic E-state index is 10.3. The quantitative estimate of drug-likeness (QED) is 0.322. The zero-order valence-corrected chi connectivity index (χ0v) is 6.22. The lowest BCUT2D eigenvalue weighted by molar-refractivity contribution is -0.129. The normalized spacial score (nSPS) is 8.10. The summed E-state index contributed by atoms with van der Waals surface area (Å²) in [6, 6.07) is 0. The molecule has 3 nitrogen and oxygen atoms in total. The summed E-state index contributed by atoms with van der Waals surface area (Å²) < 4.78 is 0. The number of Topliss-reactive ketones (excluding diaryl/α,β-unsaturated/α-hetero) is 1. The van der Waals surface area contributed by atoms with Crippen LogP contribution in [0.25, 0.3) is 0 Å². The minimum Gasteiger partial charge on any atom is -0.412 e. The highest BCUT2D eigenvalue weighted by Gasteiger charge is 1.95. The Hall–Kier alpha value is -0.700. The van der Waals surface area contributed by atoms with Gasteiger partial charge in [0.05, 0.1) is 0 Å². The third-order valence-corrected chi connectivity index (χ3v) is 1.16. The number of unbranched alkanes of at least 4 members (excludes halogenated alkanes) is 2. The number of carbonyl (C=O) groups is 2. The monoisotopic (exact) mass is 146 g/mol. The van der Waals surface area contributed by atoms with Crippen LogP contribution in [0.3, 0.4) is 0 Å². The summed E-state index contributed by atoms with van der Waals surface area (Å²) in [5.74, 6) is -0.275. The number of hydrogen-bond acceptors (Lipinski definition) is 2. The Labute approximate surface area is 60.7 Å². The van der Waals surface area contributed by atoms with Crippen LogP contribution in [0.1, 0.15) is 32.6 Å². The van der Waals surface area contributed by atoms with E-state index in [4.69, 9.17) is 0 Å². The van der Waals surface area contributed by atoms with Gasteiger partial charge in [-0.05, 0) is 6.42 Å². The van der Waals surface area contributed by atoms with Gasteiger partial charge < -0.3 is 5.48 Å². The average molecular weight is 146 g/mol. The van der Waals surface area contributed by atoms with Crippen molar-refractivity contribution in [2.24, 2.45) is 0 Å². The maximum atomic E-state index is 10.3.